The lowest BCUT2D eigenvalue weighted by molar-refractivity contribution is 0.454. The van der Waals surface area contributed by atoms with E-state index in [9.17, 15) is 0 Å². The summed E-state index contributed by atoms with van der Waals surface area (Å²) in [6.45, 7) is 4.63. The molecular formula is C15H16BrClN2O. The van der Waals surface area contributed by atoms with E-state index >= 15 is 0 Å². The van der Waals surface area contributed by atoms with Crippen LogP contribution in [0.1, 0.15) is 30.9 Å². The normalized spacial score (nSPS) is 10.9. The topological polar surface area (TPSA) is 48.1 Å². The molecule has 0 radical (unpaired) electrons. The third-order valence-corrected chi connectivity index (χ3v) is 3.66. The zero-order valence-corrected chi connectivity index (χ0v) is 13.7. The van der Waals surface area contributed by atoms with Crippen LogP contribution >= 0.6 is 27.5 Å². The molecule has 2 rings (SSSR count). The third-order valence-electron chi connectivity index (χ3n) is 2.90. The second-order valence-corrected chi connectivity index (χ2v) is 6.10. The first-order valence-corrected chi connectivity index (χ1v) is 7.50. The predicted molar refractivity (Wildman–Crippen MR) is 85.4 cm³/mol. The minimum atomic E-state index is 0.338. The number of nitrogens with zero attached hydrogens (tertiary/aromatic N) is 1. The van der Waals surface area contributed by atoms with E-state index in [1.165, 1.54) is 0 Å². The van der Waals surface area contributed by atoms with Gasteiger partial charge >= 0.3 is 0 Å². The van der Waals surface area contributed by atoms with Crippen molar-refractivity contribution in [3.8, 4) is 11.6 Å². The van der Waals surface area contributed by atoms with Gasteiger partial charge in [0.15, 0.2) is 0 Å². The zero-order chi connectivity index (χ0) is 14.7. The number of benzene rings is 1. The largest absolute Gasteiger partial charge is 0.437 e. The molecule has 0 saturated carbocycles. The molecule has 0 aliphatic heterocycles. The molecule has 0 bridgehead atoms. The van der Waals surface area contributed by atoms with E-state index in [1.54, 1.807) is 12.3 Å². The highest BCUT2D eigenvalue weighted by molar-refractivity contribution is 9.10. The number of pyridine rings is 1. The lowest BCUT2D eigenvalue weighted by Gasteiger charge is -2.14. The van der Waals surface area contributed by atoms with Crippen LogP contribution in [0.5, 0.6) is 11.6 Å². The quantitative estimate of drug-likeness (QED) is 0.851. The summed E-state index contributed by atoms with van der Waals surface area (Å²) in [5, 5.41) is 0.463. The molecule has 20 heavy (non-hydrogen) atoms. The number of ether oxygens (including phenoxy) is 1. The fourth-order valence-electron chi connectivity index (χ4n) is 1.82. The summed E-state index contributed by atoms with van der Waals surface area (Å²) in [6, 6.07) is 7.66. The molecule has 0 saturated heterocycles. The summed E-state index contributed by atoms with van der Waals surface area (Å²) in [6.07, 6.45) is 1.68. The van der Waals surface area contributed by atoms with Gasteiger partial charge in [0.2, 0.25) is 5.88 Å². The van der Waals surface area contributed by atoms with E-state index in [1.807, 2.05) is 18.2 Å². The first kappa shape index (κ1) is 15.3. The maximum Gasteiger partial charge on any atom is 0.238 e. The Labute approximate surface area is 132 Å². The molecule has 0 spiro atoms. The number of nitrogens with two attached hydrogens (primary N) is 1. The molecule has 0 amide bonds. The molecule has 1 aromatic carbocycles. The highest BCUT2D eigenvalue weighted by Crippen LogP contribution is 2.34. The molecular weight excluding hydrogens is 340 g/mol. The summed E-state index contributed by atoms with van der Waals surface area (Å²) < 4.78 is 6.87. The summed E-state index contributed by atoms with van der Waals surface area (Å²) in [4.78, 5) is 4.22. The molecule has 106 valence electrons. The second-order valence-electron chi connectivity index (χ2n) is 4.77. The average molecular weight is 356 g/mol. The fourth-order valence-corrected chi connectivity index (χ4v) is 2.43. The third kappa shape index (κ3) is 3.51. The Morgan fingerprint density at radius 1 is 1.35 bits per heavy atom. The molecule has 1 aromatic heterocycles. The molecule has 2 N–H and O–H groups in total. The van der Waals surface area contributed by atoms with Gasteiger partial charge in [0.25, 0.3) is 0 Å². The highest BCUT2D eigenvalue weighted by Gasteiger charge is 2.12. The van der Waals surface area contributed by atoms with Gasteiger partial charge < -0.3 is 10.5 Å². The van der Waals surface area contributed by atoms with Gasteiger partial charge in [-0.2, -0.15) is 0 Å². The van der Waals surface area contributed by atoms with Crippen molar-refractivity contribution in [2.45, 2.75) is 26.3 Å². The van der Waals surface area contributed by atoms with Gasteiger partial charge in [-0.05, 0) is 41.3 Å². The monoisotopic (exact) mass is 354 g/mol. The molecule has 3 nitrogen and oxygen atoms in total. The number of aromatic nitrogens is 1. The van der Waals surface area contributed by atoms with Crippen molar-refractivity contribution < 1.29 is 4.74 Å². The number of halogens is 2. The smallest absolute Gasteiger partial charge is 0.238 e. The van der Waals surface area contributed by atoms with Crippen molar-refractivity contribution in [1.82, 2.24) is 4.98 Å². The predicted octanol–water partition coefficient (Wildman–Crippen LogP) is 4.87. The van der Waals surface area contributed by atoms with E-state index in [0.717, 1.165) is 21.3 Å². The van der Waals surface area contributed by atoms with E-state index in [0.29, 0.717) is 23.4 Å². The highest BCUT2D eigenvalue weighted by atomic mass is 79.9. The van der Waals surface area contributed by atoms with Crippen LogP contribution in [0, 0.1) is 0 Å². The molecule has 0 aliphatic rings. The standard InChI is InChI=1S/C15H16BrClN2O/c1-9(2)12-6-11(16)3-4-14(12)20-15-13(17)5-10(7-18)8-19-15/h3-6,8-9H,7,18H2,1-2H3. The van der Waals surface area contributed by atoms with E-state index in [2.05, 4.69) is 34.8 Å². The van der Waals surface area contributed by atoms with Gasteiger partial charge in [0.05, 0.1) is 0 Å². The van der Waals surface area contributed by atoms with Crippen molar-refractivity contribution >= 4 is 27.5 Å². The van der Waals surface area contributed by atoms with E-state index in [4.69, 9.17) is 22.1 Å². The van der Waals surface area contributed by atoms with Crippen molar-refractivity contribution in [2.75, 3.05) is 0 Å². The van der Waals surface area contributed by atoms with Crippen LogP contribution < -0.4 is 10.5 Å². The second kappa shape index (κ2) is 6.57. The molecule has 0 atom stereocenters. The Morgan fingerprint density at radius 2 is 2.10 bits per heavy atom. The van der Waals surface area contributed by atoms with Crippen molar-refractivity contribution in [3.05, 3.63) is 51.1 Å². The molecule has 5 heteroatoms. The van der Waals surface area contributed by atoms with Crippen LogP contribution in [0.3, 0.4) is 0 Å². The first-order valence-electron chi connectivity index (χ1n) is 6.33. The van der Waals surface area contributed by atoms with E-state index in [-0.39, 0.29) is 0 Å². The maximum absolute atomic E-state index is 6.17. The zero-order valence-electron chi connectivity index (χ0n) is 11.4. The average Bonchev–Trinajstić information content (AvgIpc) is 2.42. The number of hydrogen-bond acceptors (Lipinski definition) is 3. The SMILES string of the molecule is CC(C)c1cc(Br)ccc1Oc1ncc(CN)cc1Cl. The molecule has 0 aliphatic carbocycles. The van der Waals surface area contributed by atoms with Crippen LogP contribution in [0.15, 0.2) is 34.9 Å². The first-order chi connectivity index (χ1) is 9.51. The van der Waals surface area contributed by atoms with Crippen LogP contribution in [0.4, 0.5) is 0 Å². The van der Waals surface area contributed by atoms with Crippen molar-refractivity contribution in [3.63, 3.8) is 0 Å². The van der Waals surface area contributed by atoms with Gasteiger partial charge in [0, 0.05) is 17.2 Å². The Hall–Kier alpha value is -1.10. The van der Waals surface area contributed by atoms with Gasteiger partial charge in [-0.3, -0.25) is 0 Å². The summed E-state index contributed by atoms with van der Waals surface area (Å²) in [5.74, 6) is 1.50. The summed E-state index contributed by atoms with van der Waals surface area (Å²) in [5.41, 5.74) is 7.53. The van der Waals surface area contributed by atoms with Crippen LogP contribution in [0.25, 0.3) is 0 Å². The van der Waals surface area contributed by atoms with E-state index < -0.39 is 0 Å². The minimum Gasteiger partial charge on any atom is -0.437 e. The van der Waals surface area contributed by atoms with Gasteiger partial charge in [-0.25, -0.2) is 4.98 Å². The molecule has 2 aromatic rings. The van der Waals surface area contributed by atoms with Crippen LogP contribution in [0.2, 0.25) is 5.02 Å². The molecule has 1 heterocycles. The number of hydrogen-bond donors (Lipinski definition) is 1. The maximum atomic E-state index is 6.17. The molecule has 0 fully saturated rings. The van der Waals surface area contributed by atoms with Gasteiger partial charge in [0.1, 0.15) is 10.8 Å². The van der Waals surface area contributed by atoms with Crippen molar-refractivity contribution in [2.24, 2.45) is 5.73 Å². The summed E-state index contributed by atoms with van der Waals surface area (Å²) >= 11 is 9.64. The Balaban J connectivity index is 2.35. The Bertz CT molecular complexity index is 617. The minimum absolute atomic E-state index is 0.338. The lowest BCUT2D eigenvalue weighted by Crippen LogP contribution is -1.99. The van der Waals surface area contributed by atoms with Gasteiger partial charge in [-0.1, -0.05) is 41.4 Å². The van der Waals surface area contributed by atoms with Crippen LogP contribution in [-0.2, 0) is 6.54 Å². The van der Waals surface area contributed by atoms with Crippen LogP contribution in [-0.4, -0.2) is 4.98 Å². The van der Waals surface area contributed by atoms with Gasteiger partial charge in [-0.15, -0.1) is 0 Å². The molecule has 0 unspecified atom stereocenters. The Kier molecular flexibility index (Phi) is 5.02. The summed E-state index contributed by atoms with van der Waals surface area (Å²) in [7, 11) is 0. The van der Waals surface area contributed by atoms with Crippen molar-refractivity contribution in [1.29, 1.82) is 0 Å². The fraction of sp³-hybridized carbons (Fsp3) is 0.267. The Morgan fingerprint density at radius 3 is 2.70 bits per heavy atom. The lowest BCUT2D eigenvalue weighted by atomic mass is 10.0. The number of rotatable bonds is 4.